The molecule has 1 fully saturated rings. The molecule has 3 rings (SSSR count). The van der Waals surface area contributed by atoms with E-state index in [1.54, 1.807) is 0 Å². The minimum atomic E-state index is 0.595. The molecule has 0 spiro atoms. The number of anilines is 1. The number of benzene rings is 1. The lowest BCUT2D eigenvalue weighted by molar-refractivity contribution is 0.412. The Morgan fingerprint density at radius 1 is 1.10 bits per heavy atom. The summed E-state index contributed by atoms with van der Waals surface area (Å²) in [6.07, 6.45) is 7.13. The fraction of sp³-hybridized carbons (Fsp3) is 0.471. The number of aryl methyl sites for hydroxylation is 2. The molecule has 1 aromatic heterocycles. The quantitative estimate of drug-likeness (QED) is 0.916. The van der Waals surface area contributed by atoms with Gasteiger partial charge in [-0.1, -0.05) is 30.3 Å². The summed E-state index contributed by atoms with van der Waals surface area (Å²) in [5, 5.41) is 8.05. The molecule has 1 aromatic carbocycles. The van der Waals surface area contributed by atoms with Gasteiger partial charge in [0.05, 0.1) is 11.4 Å². The first kappa shape index (κ1) is 13.2. The van der Waals surface area contributed by atoms with E-state index < -0.39 is 0 Å². The maximum atomic E-state index is 4.39. The highest BCUT2D eigenvalue weighted by Gasteiger charge is 2.22. The molecule has 20 heavy (non-hydrogen) atoms. The van der Waals surface area contributed by atoms with Crippen LogP contribution in [0.2, 0.25) is 0 Å². The third-order valence-corrected chi connectivity index (χ3v) is 4.37. The molecule has 0 unspecified atom stereocenters. The molecule has 0 radical (unpaired) electrons. The van der Waals surface area contributed by atoms with Crippen molar-refractivity contribution in [2.75, 3.05) is 5.32 Å². The standard InChI is InChI=1S/C17H23N3/c1-13-17(12-20(2)19-13)18-16-10-8-15(9-11-16)14-6-4-3-5-7-14/h3-7,12,15-16,18H,8-11H2,1-2H3. The lowest BCUT2D eigenvalue weighted by Crippen LogP contribution is -2.25. The Morgan fingerprint density at radius 2 is 1.80 bits per heavy atom. The SMILES string of the molecule is Cc1nn(C)cc1NC1CCC(c2ccccc2)CC1. The lowest BCUT2D eigenvalue weighted by atomic mass is 9.82. The molecule has 1 aliphatic carbocycles. The van der Waals surface area contributed by atoms with Gasteiger partial charge in [-0.15, -0.1) is 0 Å². The molecule has 1 heterocycles. The van der Waals surface area contributed by atoms with Crippen LogP contribution < -0.4 is 5.32 Å². The molecule has 1 saturated carbocycles. The maximum Gasteiger partial charge on any atom is 0.0825 e. The van der Waals surface area contributed by atoms with Crippen molar-refractivity contribution in [3.8, 4) is 0 Å². The third-order valence-electron chi connectivity index (χ3n) is 4.37. The largest absolute Gasteiger partial charge is 0.380 e. The first-order valence-electron chi connectivity index (χ1n) is 7.54. The highest BCUT2D eigenvalue weighted by molar-refractivity contribution is 5.46. The number of aromatic nitrogens is 2. The summed E-state index contributed by atoms with van der Waals surface area (Å²) in [7, 11) is 1.98. The van der Waals surface area contributed by atoms with E-state index in [0.29, 0.717) is 6.04 Å². The summed E-state index contributed by atoms with van der Waals surface area (Å²) in [5.74, 6) is 0.740. The predicted octanol–water partition coefficient (Wildman–Crippen LogP) is 3.87. The molecule has 2 aromatic rings. The van der Waals surface area contributed by atoms with E-state index >= 15 is 0 Å². The molecule has 1 N–H and O–H groups in total. The van der Waals surface area contributed by atoms with Crippen LogP contribution in [0.3, 0.4) is 0 Å². The summed E-state index contributed by atoms with van der Waals surface area (Å²) in [4.78, 5) is 0. The van der Waals surface area contributed by atoms with Crippen LogP contribution in [-0.2, 0) is 7.05 Å². The molecule has 106 valence electrons. The van der Waals surface area contributed by atoms with Gasteiger partial charge < -0.3 is 5.32 Å². The van der Waals surface area contributed by atoms with E-state index in [2.05, 4.69) is 53.9 Å². The van der Waals surface area contributed by atoms with Crippen LogP contribution in [0.15, 0.2) is 36.5 Å². The van der Waals surface area contributed by atoms with Crippen molar-refractivity contribution in [3.63, 3.8) is 0 Å². The third kappa shape index (κ3) is 2.87. The second kappa shape index (κ2) is 5.70. The first-order valence-corrected chi connectivity index (χ1v) is 7.54. The molecule has 0 amide bonds. The number of nitrogens with one attached hydrogen (secondary N) is 1. The van der Waals surface area contributed by atoms with Crippen LogP contribution >= 0.6 is 0 Å². The van der Waals surface area contributed by atoms with Gasteiger partial charge in [0.25, 0.3) is 0 Å². The second-order valence-electron chi connectivity index (χ2n) is 5.91. The van der Waals surface area contributed by atoms with Crippen molar-refractivity contribution in [1.29, 1.82) is 0 Å². The van der Waals surface area contributed by atoms with Crippen molar-refractivity contribution in [2.45, 2.75) is 44.6 Å². The molecular formula is C17H23N3. The Labute approximate surface area is 121 Å². The van der Waals surface area contributed by atoms with E-state index in [-0.39, 0.29) is 0 Å². The van der Waals surface area contributed by atoms with Crippen molar-refractivity contribution >= 4 is 5.69 Å². The lowest BCUT2D eigenvalue weighted by Gasteiger charge is -2.29. The summed E-state index contributed by atoms with van der Waals surface area (Å²) < 4.78 is 1.88. The number of rotatable bonds is 3. The van der Waals surface area contributed by atoms with Crippen molar-refractivity contribution < 1.29 is 0 Å². The average molecular weight is 269 g/mol. The second-order valence-corrected chi connectivity index (χ2v) is 5.91. The van der Waals surface area contributed by atoms with Gasteiger partial charge in [-0.05, 0) is 44.1 Å². The van der Waals surface area contributed by atoms with Gasteiger partial charge in [0.1, 0.15) is 0 Å². The molecule has 3 nitrogen and oxygen atoms in total. The van der Waals surface area contributed by atoms with Gasteiger partial charge in [-0.2, -0.15) is 5.10 Å². The maximum absolute atomic E-state index is 4.39. The van der Waals surface area contributed by atoms with Crippen LogP contribution in [0.25, 0.3) is 0 Å². The van der Waals surface area contributed by atoms with Gasteiger partial charge in [0.15, 0.2) is 0 Å². The van der Waals surface area contributed by atoms with Gasteiger partial charge >= 0.3 is 0 Å². The Kier molecular flexibility index (Phi) is 3.77. The predicted molar refractivity (Wildman–Crippen MR) is 83.0 cm³/mol. The zero-order chi connectivity index (χ0) is 13.9. The van der Waals surface area contributed by atoms with Gasteiger partial charge in [0, 0.05) is 19.3 Å². The Balaban J connectivity index is 1.58. The fourth-order valence-corrected chi connectivity index (χ4v) is 3.26. The topological polar surface area (TPSA) is 29.9 Å². The van der Waals surface area contributed by atoms with E-state index in [0.717, 1.165) is 11.6 Å². The van der Waals surface area contributed by atoms with Crippen LogP contribution in [-0.4, -0.2) is 15.8 Å². The Bertz CT molecular complexity index is 551. The normalized spacial score (nSPS) is 22.7. The van der Waals surface area contributed by atoms with Crippen LogP contribution in [0.4, 0.5) is 5.69 Å². The summed E-state index contributed by atoms with van der Waals surface area (Å²) >= 11 is 0. The number of nitrogens with zero attached hydrogens (tertiary/aromatic N) is 2. The average Bonchev–Trinajstić information content (AvgIpc) is 2.79. The van der Waals surface area contributed by atoms with Gasteiger partial charge in [0.2, 0.25) is 0 Å². The first-order chi connectivity index (χ1) is 9.72. The van der Waals surface area contributed by atoms with Crippen LogP contribution in [0.5, 0.6) is 0 Å². The zero-order valence-electron chi connectivity index (χ0n) is 12.3. The molecule has 3 heteroatoms. The van der Waals surface area contributed by atoms with E-state index in [1.165, 1.54) is 36.9 Å². The number of hydrogen-bond acceptors (Lipinski definition) is 2. The van der Waals surface area contributed by atoms with Crippen molar-refractivity contribution in [2.24, 2.45) is 7.05 Å². The molecule has 0 atom stereocenters. The summed E-state index contributed by atoms with van der Waals surface area (Å²) in [6.45, 7) is 2.07. The fourth-order valence-electron chi connectivity index (χ4n) is 3.26. The van der Waals surface area contributed by atoms with Crippen LogP contribution in [0, 0.1) is 6.92 Å². The summed E-state index contributed by atoms with van der Waals surface area (Å²) in [6, 6.07) is 11.5. The number of hydrogen-bond donors (Lipinski definition) is 1. The molecule has 1 aliphatic rings. The minimum absolute atomic E-state index is 0.595. The smallest absolute Gasteiger partial charge is 0.0825 e. The highest BCUT2D eigenvalue weighted by atomic mass is 15.3. The van der Waals surface area contributed by atoms with E-state index in [1.807, 2.05) is 11.7 Å². The summed E-state index contributed by atoms with van der Waals surface area (Å²) in [5.41, 5.74) is 3.79. The monoisotopic (exact) mass is 269 g/mol. The van der Waals surface area contributed by atoms with Gasteiger partial charge in [-0.25, -0.2) is 0 Å². The molecule has 0 saturated heterocycles. The molecule has 0 bridgehead atoms. The van der Waals surface area contributed by atoms with Crippen molar-refractivity contribution in [1.82, 2.24) is 9.78 Å². The Morgan fingerprint density at radius 3 is 2.40 bits per heavy atom. The van der Waals surface area contributed by atoms with E-state index in [4.69, 9.17) is 0 Å². The Hall–Kier alpha value is -1.77. The molecule has 0 aliphatic heterocycles. The zero-order valence-corrected chi connectivity index (χ0v) is 12.3. The highest BCUT2D eigenvalue weighted by Crippen LogP contribution is 2.34. The van der Waals surface area contributed by atoms with E-state index in [9.17, 15) is 0 Å². The molecular weight excluding hydrogens is 246 g/mol. The van der Waals surface area contributed by atoms with Crippen molar-refractivity contribution in [3.05, 3.63) is 47.8 Å². The minimum Gasteiger partial charge on any atom is -0.380 e. The van der Waals surface area contributed by atoms with Gasteiger partial charge in [-0.3, -0.25) is 4.68 Å². The van der Waals surface area contributed by atoms with Crippen LogP contribution in [0.1, 0.15) is 42.9 Å².